The van der Waals surface area contributed by atoms with E-state index in [0.717, 1.165) is 6.42 Å². The fourth-order valence-corrected chi connectivity index (χ4v) is 3.05. The Morgan fingerprint density at radius 2 is 1.95 bits per heavy atom. The van der Waals surface area contributed by atoms with E-state index in [1.807, 2.05) is 0 Å². The smallest absolute Gasteiger partial charge is 0.316 e. The topological polar surface area (TPSA) is 86.7 Å². The second-order valence-electron chi connectivity index (χ2n) is 5.47. The molecule has 1 aliphatic heterocycles. The predicted octanol–water partition coefficient (Wildman–Crippen LogP) is 0.656. The lowest BCUT2D eigenvalue weighted by molar-refractivity contribution is -0.147. The number of nitrogens with one attached hydrogen (secondary N) is 1. The highest BCUT2D eigenvalue weighted by Crippen LogP contribution is 2.47. The third-order valence-corrected chi connectivity index (χ3v) is 4.39. The van der Waals surface area contributed by atoms with Crippen LogP contribution in [0.4, 0.5) is 5.69 Å². The van der Waals surface area contributed by atoms with Gasteiger partial charge in [-0.25, -0.2) is 0 Å². The Morgan fingerprint density at radius 1 is 1.24 bits per heavy atom. The van der Waals surface area contributed by atoms with Crippen molar-refractivity contribution in [1.29, 1.82) is 0 Å². The largest absolute Gasteiger partial charge is 0.481 e. The van der Waals surface area contributed by atoms with E-state index in [-0.39, 0.29) is 0 Å². The number of hydrogen-bond donors (Lipinski definition) is 2. The Balaban J connectivity index is 2.06. The molecular weight excluding hydrogens is 272 g/mol. The Kier molecular flexibility index (Phi) is 3.16. The van der Waals surface area contributed by atoms with E-state index in [0.29, 0.717) is 37.2 Å². The van der Waals surface area contributed by atoms with Gasteiger partial charge < -0.3 is 15.3 Å². The van der Waals surface area contributed by atoms with Gasteiger partial charge in [0.25, 0.3) is 0 Å². The van der Waals surface area contributed by atoms with Gasteiger partial charge in [-0.2, -0.15) is 0 Å². The number of rotatable bonds is 3. The third kappa shape index (κ3) is 1.98. The van der Waals surface area contributed by atoms with Gasteiger partial charge in [0.2, 0.25) is 0 Å². The summed E-state index contributed by atoms with van der Waals surface area (Å²) >= 11 is 0. The molecule has 3 rings (SSSR count). The van der Waals surface area contributed by atoms with Crippen molar-refractivity contribution in [2.75, 3.05) is 18.0 Å². The van der Waals surface area contributed by atoms with E-state index in [2.05, 4.69) is 5.32 Å². The zero-order chi connectivity index (χ0) is 15.0. The van der Waals surface area contributed by atoms with Gasteiger partial charge >= 0.3 is 17.8 Å². The maximum Gasteiger partial charge on any atom is 0.316 e. The van der Waals surface area contributed by atoms with E-state index in [4.69, 9.17) is 0 Å². The summed E-state index contributed by atoms with van der Waals surface area (Å²) in [5.41, 5.74) is 0.247. The minimum atomic E-state index is -0.926. The summed E-state index contributed by atoms with van der Waals surface area (Å²) < 4.78 is 0. The number of carboxylic acids is 1. The van der Waals surface area contributed by atoms with Crippen molar-refractivity contribution in [3.63, 3.8) is 0 Å². The van der Waals surface area contributed by atoms with Crippen LogP contribution in [0, 0.1) is 0 Å². The molecule has 0 unspecified atom stereocenters. The number of carboxylic acid groups (broad SMARTS) is 1. The average molecular weight is 288 g/mol. The second kappa shape index (κ2) is 4.87. The number of aliphatic carboxylic acids is 1. The lowest BCUT2D eigenvalue weighted by atomic mass is 9.64. The van der Waals surface area contributed by atoms with E-state index in [1.165, 1.54) is 4.90 Å². The first kappa shape index (κ1) is 13.6. The SMILES string of the molecule is O=C1NCCN(c2ccccc2C2(C(=O)O)CCC2)C1=O. The van der Waals surface area contributed by atoms with Crippen molar-refractivity contribution < 1.29 is 19.5 Å². The summed E-state index contributed by atoms with van der Waals surface area (Å²) in [6.45, 7) is 0.732. The Morgan fingerprint density at radius 3 is 2.57 bits per heavy atom. The van der Waals surface area contributed by atoms with Crippen molar-refractivity contribution in [2.24, 2.45) is 0 Å². The summed E-state index contributed by atoms with van der Waals surface area (Å²) in [5.74, 6) is -2.14. The molecular formula is C15H16N2O4. The summed E-state index contributed by atoms with van der Waals surface area (Å²) in [5, 5.41) is 12.1. The lowest BCUT2D eigenvalue weighted by Gasteiger charge is -2.41. The number of para-hydroxylation sites is 1. The van der Waals surface area contributed by atoms with Gasteiger partial charge in [-0.15, -0.1) is 0 Å². The van der Waals surface area contributed by atoms with E-state index < -0.39 is 23.2 Å². The molecule has 2 N–H and O–H groups in total. The van der Waals surface area contributed by atoms with Crippen LogP contribution in [-0.2, 0) is 19.8 Å². The lowest BCUT2D eigenvalue weighted by Crippen LogP contribution is -2.53. The standard InChI is InChI=1S/C15H16N2O4/c18-12-13(19)17(9-8-16-12)11-5-2-1-4-10(11)15(14(20)21)6-3-7-15/h1-2,4-5H,3,6-9H2,(H,16,18)(H,20,21). The number of carbonyl (C=O) groups excluding carboxylic acids is 2. The summed E-state index contributed by atoms with van der Waals surface area (Å²) in [7, 11) is 0. The van der Waals surface area contributed by atoms with Crippen LogP contribution in [0.2, 0.25) is 0 Å². The molecule has 1 saturated heterocycles. The molecule has 6 nitrogen and oxygen atoms in total. The van der Waals surface area contributed by atoms with E-state index >= 15 is 0 Å². The molecule has 1 aliphatic carbocycles. The summed E-state index contributed by atoms with van der Waals surface area (Å²) in [4.78, 5) is 36.7. The molecule has 0 radical (unpaired) electrons. The molecule has 1 saturated carbocycles. The number of amides is 2. The summed E-state index contributed by atoms with van der Waals surface area (Å²) in [6.07, 6.45) is 1.98. The highest BCUT2D eigenvalue weighted by atomic mass is 16.4. The van der Waals surface area contributed by atoms with Gasteiger partial charge in [0.1, 0.15) is 0 Å². The van der Waals surface area contributed by atoms with Crippen LogP contribution in [0.1, 0.15) is 24.8 Å². The number of carbonyl (C=O) groups is 3. The maximum atomic E-state index is 12.0. The van der Waals surface area contributed by atoms with Gasteiger partial charge in [0.15, 0.2) is 0 Å². The van der Waals surface area contributed by atoms with Crippen LogP contribution < -0.4 is 10.2 Å². The average Bonchev–Trinajstić information content (AvgIpc) is 2.41. The predicted molar refractivity (Wildman–Crippen MR) is 75.0 cm³/mol. The number of nitrogens with zero attached hydrogens (tertiary/aromatic N) is 1. The quantitative estimate of drug-likeness (QED) is 0.800. The van der Waals surface area contributed by atoms with Crippen molar-refractivity contribution in [3.8, 4) is 0 Å². The van der Waals surface area contributed by atoms with Gasteiger partial charge in [0, 0.05) is 18.8 Å². The zero-order valence-electron chi connectivity index (χ0n) is 11.5. The minimum Gasteiger partial charge on any atom is -0.481 e. The molecule has 2 aliphatic rings. The fraction of sp³-hybridized carbons (Fsp3) is 0.400. The highest BCUT2D eigenvalue weighted by Gasteiger charge is 2.48. The zero-order valence-corrected chi connectivity index (χ0v) is 11.5. The molecule has 110 valence electrons. The molecule has 0 spiro atoms. The Labute approximate surface area is 121 Å². The molecule has 0 bridgehead atoms. The second-order valence-corrected chi connectivity index (χ2v) is 5.47. The van der Waals surface area contributed by atoms with Crippen LogP contribution in [0.5, 0.6) is 0 Å². The Hall–Kier alpha value is -2.37. The summed E-state index contributed by atoms with van der Waals surface area (Å²) in [6, 6.07) is 7.00. The first-order valence-corrected chi connectivity index (χ1v) is 6.99. The maximum absolute atomic E-state index is 12.0. The van der Waals surface area contributed by atoms with E-state index in [1.54, 1.807) is 24.3 Å². The Bertz CT molecular complexity index is 622. The normalized spacial score (nSPS) is 20.7. The minimum absolute atomic E-state index is 0.358. The number of anilines is 1. The number of hydrogen-bond acceptors (Lipinski definition) is 3. The van der Waals surface area contributed by atoms with Gasteiger partial charge in [-0.3, -0.25) is 14.4 Å². The molecule has 1 heterocycles. The van der Waals surface area contributed by atoms with Gasteiger partial charge in [-0.05, 0) is 24.5 Å². The monoisotopic (exact) mass is 288 g/mol. The molecule has 1 aromatic carbocycles. The number of piperazine rings is 1. The highest BCUT2D eigenvalue weighted by molar-refractivity contribution is 6.41. The van der Waals surface area contributed by atoms with Gasteiger partial charge in [-0.1, -0.05) is 24.6 Å². The molecule has 2 amide bonds. The van der Waals surface area contributed by atoms with E-state index in [9.17, 15) is 19.5 Å². The number of benzene rings is 1. The van der Waals surface area contributed by atoms with Crippen LogP contribution in [0.3, 0.4) is 0 Å². The van der Waals surface area contributed by atoms with Crippen LogP contribution in [0.15, 0.2) is 24.3 Å². The van der Waals surface area contributed by atoms with Crippen LogP contribution >= 0.6 is 0 Å². The molecule has 0 atom stereocenters. The van der Waals surface area contributed by atoms with Crippen molar-refractivity contribution >= 4 is 23.5 Å². The molecule has 2 fully saturated rings. The third-order valence-electron chi connectivity index (χ3n) is 4.39. The van der Waals surface area contributed by atoms with Crippen LogP contribution in [0.25, 0.3) is 0 Å². The first-order valence-electron chi connectivity index (χ1n) is 6.99. The van der Waals surface area contributed by atoms with Crippen molar-refractivity contribution in [2.45, 2.75) is 24.7 Å². The molecule has 1 aromatic rings. The first-order chi connectivity index (χ1) is 10.1. The molecule has 6 heteroatoms. The van der Waals surface area contributed by atoms with Crippen molar-refractivity contribution in [1.82, 2.24) is 5.32 Å². The fourth-order valence-electron chi connectivity index (χ4n) is 3.05. The molecule has 0 aromatic heterocycles. The van der Waals surface area contributed by atoms with Gasteiger partial charge in [0.05, 0.1) is 5.41 Å². The molecule has 21 heavy (non-hydrogen) atoms. The van der Waals surface area contributed by atoms with Crippen LogP contribution in [-0.4, -0.2) is 36.0 Å². The van der Waals surface area contributed by atoms with Crippen molar-refractivity contribution in [3.05, 3.63) is 29.8 Å².